The van der Waals surface area contributed by atoms with Crippen LogP contribution < -0.4 is 4.83 Å². The molecule has 0 radical (unpaired) electrons. The van der Waals surface area contributed by atoms with Gasteiger partial charge in [0.05, 0.1) is 11.1 Å². The monoisotopic (exact) mass is 300 g/mol. The molecule has 0 aliphatic carbocycles. The number of nitrogens with zero attached hydrogens (tertiary/aromatic N) is 1. The maximum atomic E-state index is 11.9. The average molecular weight is 300 g/mol. The molecule has 0 bridgehead atoms. The Labute approximate surface area is 124 Å². The minimum atomic E-state index is -3.60. The van der Waals surface area contributed by atoms with Crippen molar-refractivity contribution in [3.8, 4) is 0 Å². The second kappa shape index (κ2) is 6.85. The van der Waals surface area contributed by atoms with Gasteiger partial charge in [-0.15, -0.1) is 0 Å². The van der Waals surface area contributed by atoms with Gasteiger partial charge in [-0.3, -0.25) is 0 Å². The summed E-state index contributed by atoms with van der Waals surface area (Å²) in [6.07, 6.45) is 3.40. The molecule has 0 aliphatic heterocycles. The smallest absolute Gasteiger partial charge is 0.200 e. The molecule has 4 nitrogen and oxygen atoms in total. The molecule has 0 fully saturated rings. The van der Waals surface area contributed by atoms with Crippen molar-refractivity contribution in [2.75, 3.05) is 0 Å². The third-order valence-corrected chi connectivity index (χ3v) is 3.93. The summed E-state index contributed by atoms with van der Waals surface area (Å²) in [5.74, 6) is 0. The number of benzene rings is 2. The highest BCUT2D eigenvalue weighted by Gasteiger charge is 2.10. The van der Waals surface area contributed by atoms with E-state index >= 15 is 0 Å². The molecule has 0 spiro atoms. The molecule has 2 aromatic carbocycles. The summed E-state index contributed by atoms with van der Waals surface area (Å²) in [5, 5.41) is 3.78. The Morgan fingerprint density at radius 1 is 1.00 bits per heavy atom. The van der Waals surface area contributed by atoms with E-state index in [0.29, 0.717) is 0 Å². The highest BCUT2D eigenvalue weighted by Crippen LogP contribution is 2.07. The molecular weight excluding hydrogens is 284 g/mol. The fraction of sp³-hybridized carbons (Fsp3) is 0.0625. The van der Waals surface area contributed by atoms with Gasteiger partial charge in [-0.1, -0.05) is 54.6 Å². The zero-order chi connectivity index (χ0) is 15.1. The molecule has 0 aliphatic rings. The van der Waals surface area contributed by atoms with Gasteiger partial charge < -0.3 is 0 Å². The average Bonchev–Trinajstić information content (AvgIpc) is 2.49. The number of hydrazone groups is 1. The Balaban J connectivity index is 2.04. The molecule has 0 unspecified atom stereocenters. The molecule has 1 N–H and O–H groups in total. The quantitative estimate of drug-likeness (QED) is 0.681. The van der Waals surface area contributed by atoms with Crippen molar-refractivity contribution in [2.45, 2.75) is 11.8 Å². The summed E-state index contributed by atoms with van der Waals surface area (Å²) in [6, 6.07) is 17.9. The van der Waals surface area contributed by atoms with E-state index in [1.165, 1.54) is 18.3 Å². The number of rotatable bonds is 5. The summed E-state index contributed by atoms with van der Waals surface area (Å²) in [6.45, 7) is 1.85. The minimum absolute atomic E-state index is 0.187. The van der Waals surface area contributed by atoms with Crippen LogP contribution >= 0.6 is 0 Å². The highest BCUT2D eigenvalue weighted by atomic mass is 32.2. The van der Waals surface area contributed by atoms with Crippen molar-refractivity contribution >= 4 is 22.3 Å². The van der Waals surface area contributed by atoms with E-state index < -0.39 is 10.0 Å². The lowest BCUT2D eigenvalue weighted by molar-refractivity contribution is 0.584. The molecule has 108 valence electrons. The molecule has 0 aromatic heterocycles. The van der Waals surface area contributed by atoms with Gasteiger partial charge in [-0.2, -0.15) is 13.5 Å². The topological polar surface area (TPSA) is 58.5 Å². The van der Waals surface area contributed by atoms with Crippen LogP contribution in [0, 0.1) is 0 Å². The van der Waals surface area contributed by atoms with Crippen molar-refractivity contribution in [1.82, 2.24) is 4.83 Å². The van der Waals surface area contributed by atoms with Gasteiger partial charge in [0, 0.05) is 0 Å². The summed E-state index contributed by atoms with van der Waals surface area (Å²) in [5.41, 5.74) is 1.88. The molecule has 0 heterocycles. The number of nitrogens with one attached hydrogen (secondary N) is 1. The number of sulfonamides is 1. The number of allylic oxidation sites excluding steroid dienone is 1. The first-order chi connectivity index (χ1) is 10.1. The summed E-state index contributed by atoms with van der Waals surface area (Å²) >= 11 is 0. The van der Waals surface area contributed by atoms with Crippen molar-refractivity contribution in [1.29, 1.82) is 0 Å². The van der Waals surface area contributed by atoms with E-state index in [9.17, 15) is 8.42 Å². The van der Waals surface area contributed by atoms with Crippen LogP contribution in [0.3, 0.4) is 0 Å². The number of hydrogen-bond donors (Lipinski definition) is 1. The summed E-state index contributed by atoms with van der Waals surface area (Å²) in [4.78, 5) is 2.38. The molecule has 0 saturated heterocycles. The third kappa shape index (κ3) is 4.57. The van der Waals surface area contributed by atoms with Gasteiger partial charge in [0.2, 0.25) is 0 Å². The van der Waals surface area contributed by atoms with E-state index in [0.717, 1.165) is 11.1 Å². The predicted octanol–water partition coefficient (Wildman–Crippen LogP) is 3.05. The maximum absolute atomic E-state index is 11.9. The molecule has 5 heteroatoms. The van der Waals surface area contributed by atoms with Gasteiger partial charge in [-0.25, -0.2) is 4.83 Å². The third-order valence-electron chi connectivity index (χ3n) is 2.69. The van der Waals surface area contributed by atoms with Crippen LogP contribution in [-0.2, 0) is 10.0 Å². The standard InChI is InChI=1S/C16H16N2O2S/c1-14(12-15-8-4-2-5-9-15)13-17-18-21(19,20)16-10-6-3-7-11-16/h2-13,18H,1H3/b14-12+,17-13-. The number of hydrogen-bond acceptors (Lipinski definition) is 3. The normalized spacial score (nSPS) is 12.5. The van der Waals surface area contributed by atoms with E-state index in [-0.39, 0.29) is 4.90 Å². The van der Waals surface area contributed by atoms with E-state index in [1.54, 1.807) is 18.2 Å². The zero-order valence-corrected chi connectivity index (χ0v) is 12.4. The molecule has 21 heavy (non-hydrogen) atoms. The fourth-order valence-corrected chi connectivity index (χ4v) is 2.51. The van der Waals surface area contributed by atoms with E-state index in [4.69, 9.17) is 0 Å². The molecule has 2 rings (SSSR count). The van der Waals surface area contributed by atoms with Crippen LogP contribution in [-0.4, -0.2) is 14.6 Å². The fourth-order valence-electron chi connectivity index (χ4n) is 1.70. The minimum Gasteiger partial charge on any atom is -0.200 e. The first-order valence-corrected chi connectivity index (χ1v) is 7.89. The Morgan fingerprint density at radius 2 is 1.57 bits per heavy atom. The molecule has 0 atom stereocenters. The first-order valence-electron chi connectivity index (χ1n) is 6.41. The Morgan fingerprint density at radius 3 is 2.19 bits per heavy atom. The lowest BCUT2D eigenvalue weighted by atomic mass is 10.1. The Hall–Kier alpha value is -2.40. The first kappa shape index (κ1) is 15.0. The lowest BCUT2D eigenvalue weighted by Gasteiger charge is -2.02. The van der Waals surface area contributed by atoms with Gasteiger partial charge in [0.25, 0.3) is 10.0 Å². The summed E-state index contributed by atoms with van der Waals surface area (Å²) in [7, 11) is -3.60. The largest absolute Gasteiger partial charge is 0.276 e. The molecule has 0 amide bonds. The van der Waals surface area contributed by atoms with Crippen LogP contribution in [0.25, 0.3) is 6.08 Å². The highest BCUT2D eigenvalue weighted by molar-refractivity contribution is 7.89. The second-order valence-electron chi connectivity index (χ2n) is 4.47. The van der Waals surface area contributed by atoms with E-state index in [1.807, 2.05) is 43.3 Å². The molecule has 2 aromatic rings. The van der Waals surface area contributed by atoms with Crippen LogP contribution in [0.5, 0.6) is 0 Å². The van der Waals surface area contributed by atoms with Crippen molar-refractivity contribution in [2.24, 2.45) is 5.10 Å². The second-order valence-corrected chi connectivity index (χ2v) is 6.13. The summed E-state index contributed by atoms with van der Waals surface area (Å²) < 4.78 is 23.9. The molecular formula is C16H16N2O2S. The zero-order valence-electron chi connectivity index (χ0n) is 11.6. The SMILES string of the molecule is CC(/C=N\NS(=O)(=O)c1ccccc1)=C\c1ccccc1. The van der Waals surface area contributed by atoms with Gasteiger partial charge >= 0.3 is 0 Å². The lowest BCUT2D eigenvalue weighted by Crippen LogP contribution is -2.18. The van der Waals surface area contributed by atoms with Gasteiger partial charge in [-0.05, 0) is 30.2 Å². The van der Waals surface area contributed by atoms with Crippen LogP contribution in [0.2, 0.25) is 0 Å². The van der Waals surface area contributed by atoms with Gasteiger partial charge in [0.15, 0.2) is 0 Å². The predicted molar refractivity (Wildman–Crippen MR) is 85.3 cm³/mol. The van der Waals surface area contributed by atoms with Crippen LogP contribution in [0.4, 0.5) is 0 Å². The van der Waals surface area contributed by atoms with Crippen molar-refractivity contribution in [3.05, 3.63) is 71.8 Å². The van der Waals surface area contributed by atoms with E-state index in [2.05, 4.69) is 9.93 Å². The van der Waals surface area contributed by atoms with Crippen LogP contribution in [0.1, 0.15) is 12.5 Å². The van der Waals surface area contributed by atoms with Crippen LogP contribution in [0.15, 0.2) is 76.2 Å². The Kier molecular flexibility index (Phi) is 4.90. The molecule has 0 saturated carbocycles. The van der Waals surface area contributed by atoms with Gasteiger partial charge in [0.1, 0.15) is 0 Å². The van der Waals surface area contributed by atoms with Crippen molar-refractivity contribution < 1.29 is 8.42 Å². The van der Waals surface area contributed by atoms with Crippen molar-refractivity contribution in [3.63, 3.8) is 0 Å². The Bertz CT molecular complexity index is 736. The maximum Gasteiger partial charge on any atom is 0.276 e.